The van der Waals surface area contributed by atoms with E-state index >= 15 is 0 Å². The van der Waals surface area contributed by atoms with Crippen molar-refractivity contribution in [2.24, 2.45) is 0 Å². The van der Waals surface area contributed by atoms with Crippen molar-refractivity contribution in [3.05, 3.63) is 35.4 Å². The van der Waals surface area contributed by atoms with Gasteiger partial charge in [-0.15, -0.1) is 0 Å². The normalized spacial score (nSPS) is 13.5. The van der Waals surface area contributed by atoms with Crippen LogP contribution >= 0.6 is 0 Å². The van der Waals surface area contributed by atoms with Gasteiger partial charge in [0.15, 0.2) is 8.32 Å². The fourth-order valence-corrected chi connectivity index (χ4v) is 6.03. The molecule has 0 saturated carbocycles. The molecule has 0 radical (unpaired) electrons. The average Bonchev–Trinajstić information content (AvgIpc) is 3.02. The van der Waals surface area contributed by atoms with E-state index in [1.54, 1.807) is 12.0 Å². The summed E-state index contributed by atoms with van der Waals surface area (Å²) in [4.78, 5) is 14.3. The molecule has 268 valence electrons. The Morgan fingerprint density at radius 1 is 0.696 bits per heavy atom. The summed E-state index contributed by atoms with van der Waals surface area (Å²) in [6.45, 7) is 17.8. The van der Waals surface area contributed by atoms with Crippen molar-refractivity contribution >= 4 is 14.4 Å². The molecule has 0 fully saturated rings. The van der Waals surface area contributed by atoms with Crippen LogP contribution in [0.4, 0.5) is 4.79 Å². The van der Waals surface area contributed by atoms with Crippen molar-refractivity contribution in [1.82, 2.24) is 4.90 Å². The summed E-state index contributed by atoms with van der Waals surface area (Å²) in [6, 6.07) is 8.39. The third-order valence-electron chi connectivity index (χ3n) is 9.76. The van der Waals surface area contributed by atoms with Gasteiger partial charge in [-0.05, 0) is 42.6 Å². The van der Waals surface area contributed by atoms with Crippen LogP contribution in [-0.4, -0.2) is 58.8 Å². The number of hydrogen-bond acceptors (Lipinski definition) is 5. The first kappa shape index (κ1) is 42.6. The zero-order chi connectivity index (χ0) is 34.3. The van der Waals surface area contributed by atoms with Gasteiger partial charge >= 0.3 is 6.09 Å². The summed E-state index contributed by atoms with van der Waals surface area (Å²) >= 11 is 0. The zero-order valence-corrected chi connectivity index (χ0v) is 32.6. The SMILES string of the molecule is CCCCCCCCCCCCCCCCCCN(C)C(=O)OCC(C)(COCc1ccc(CO[Si](C)(C)C(C)(C)C)cc1)OC. The lowest BCUT2D eigenvalue weighted by molar-refractivity contribution is -0.0986. The minimum Gasteiger partial charge on any atom is -0.446 e. The van der Waals surface area contributed by atoms with Gasteiger partial charge in [0, 0.05) is 20.7 Å². The minimum absolute atomic E-state index is 0.148. The number of unbranched alkanes of at least 4 members (excludes halogenated alkanes) is 15. The van der Waals surface area contributed by atoms with Gasteiger partial charge in [0.05, 0.1) is 19.8 Å². The van der Waals surface area contributed by atoms with Crippen LogP contribution in [0, 0.1) is 0 Å². The molecule has 0 saturated heterocycles. The van der Waals surface area contributed by atoms with Crippen molar-refractivity contribution in [2.75, 3.05) is 33.9 Å². The van der Waals surface area contributed by atoms with Gasteiger partial charge in [-0.2, -0.15) is 0 Å². The van der Waals surface area contributed by atoms with E-state index in [1.165, 1.54) is 95.5 Å². The molecule has 0 aliphatic carbocycles. The number of nitrogens with zero attached hydrogens (tertiary/aromatic N) is 1. The molecular weight excluding hydrogens is 591 g/mol. The average molecular weight is 664 g/mol. The fourth-order valence-electron chi connectivity index (χ4n) is 5.07. The molecule has 7 heteroatoms. The first-order valence-electron chi connectivity index (χ1n) is 18.6. The minimum atomic E-state index is -1.77. The Morgan fingerprint density at radius 3 is 1.57 bits per heavy atom. The third-order valence-corrected chi connectivity index (χ3v) is 14.2. The second kappa shape index (κ2) is 23.8. The lowest BCUT2D eigenvalue weighted by atomic mass is 10.0. The number of benzene rings is 1. The summed E-state index contributed by atoms with van der Waals surface area (Å²) in [5.41, 5.74) is 1.55. The summed E-state index contributed by atoms with van der Waals surface area (Å²) < 4.78 is 23.6. The Morgan fingerprint density at radius 2 is 1.13 bits per heavy atom. The lowest BCUT2D eigenvalue weighted by Gasteiger charge is -2.36. The van der Waals surface area contributed by atoms with Crippen molar-refractivity contribution in [3.63, 3.8) is 0 Å². The van der Waals surface area contributed by atoms with E-state index in [4.69, 9.17) is 18.6 Å². The Bertz CT molecular complexity index is 901. The molecule has 0 aromatic heterocycles. The zero-order valence-electron chi connectivity index (χ0n) is 31.6. The van der Waals surface area contributed by atoms with Crippen LogP contribution in [0.2, 0.25) is 18.1 Å². The van der Waals surface area contributed by atoms with E-state index in [0.29, 0.717) is 26.4 Å². The van der Waals surface area contributed by atoms with Crippen LogP contribution in [0.1, 0.15) is 148 Å². The highest BCUT2D eigenvalue weighted by Gasteiger charge is 2.37. The van der Waals surface area contributed by atoms with Gasteiger partial charge in [0.2, 0.25) is 0 Å². The monoisotopic (exact) mass is 664 g/mol. The number of ether oxygens (including phenoxy) is 3. The molecule has 0 bridgehead atoms. The highest BCUT2D eigenvalue weighted by atomic mass is 28.4. The fraction of sp³-hybridized carbons (Fsp3) is 0.821. The van der Waals surface area contributed by atoms with Crippen LogP contribution in [0.5, 0.6) is 0 Å². The second-order valence-corrected chi connectivity index (χ2v) is 20.1. The van der Waals surface area contributed by atoms with Gasteiger partial charge in [0.1, 0.15) is 12.2 Å². The number of hydrogen-bond donors (Lipinski definition) is 0. The maximum atomic E-state index is 12.6. The number of carbonyl (C=O) groups is 1. The Balaban J connectivity index is 2.14. The summed E-state index contributed by atoms with van der Waals surface area (Å²) in [7, 11) is 1.68. The molecule has 1 aromatic rings. The Labute approximate surface area is 285 Å². The van der Waals surface area contributed by atoms with E-state index in [9.17, 15) is 4.79 Å². The Hall–Kier alpha value is -1.41. The largest absolute Gasteiger partial charge is 0.446 e. The van der Waals surface area contributed by atoms with Gasteiger partial charge < -0.3 is 23.5 Å². The van der Waals surface area contributed by atoms with Crippen molar-refractivity contribution in [3.8, 4) is 0 Å². The van der Waals surface area contributed by atoms with E-state index in [2.05, 4.69) is 65.1 Å². The smallest absolute Gasteiger partial charge is 0.409 e. The molecule has 1 atom stereocenters. The maximum absolute atomic E-state index is 12.6. The van der Waals surface area contributed by atoms with Gasteiger partial charge in [0.25, 0.3) is 0 Å². The summed E-state index contributed by atoms with van der Waals surface area (Å²) in [5, 5.41) is 0.198. The standard InChI is InChI=1S/C39H73NO5Si/c1-10-11-12-13-14-15-16-17-18-19-20-21-22-23-24-25-30-40(6)37(41)44-34-39(5,42-7)33-43-31-35-26-28-36(29-27-35)32-45-46(8,9)38(2,3)4/h26-29H,10-25,30-34H2,1-9H3. The first-order valence-corrected chi connectivity index (χ1v) is 21.5. The quantitative estimate of drug-likeness (QED) is 0.0692. The third kappa shape index (κ3) is 19.4. The number of carbonyl (C=O) groups excluding carboxylic acids is 1. The van der Waals surface area contributed by atoms with Gasteiger partial charge in [-0.25, -0.2) is 4.79 Å². The highest BCUT2D eigenvalue weighted by Crippen LogP contribution is 2.37. The van der Waals surface area contributed by atoms with Crippen molar-refractivity contribution < 1.29 is 23.4 Å². The lowest BCUT2D eigenvalue weighted by Crippen LogP contribution is -2.41. The second-order valence-electron chi connectivity index (χ2n) is 15.3. The van der Waals surface area contributed by atoms with Crippen molar-refractivity contribution in [1.29, 1.82) is 0 Å². The molecular formula is C39H73NO5Si. The first-order chi connectivity index (χ1) is 21.8. The molecule has 0 N–H and O–H groups in total. The van der Waals surface area contributed by atoms with Gasteiger partial charge in [-0.1, -0.05) is 148 Å². The summed E-state index contributed by atoms with van der Waals surface area (Å²) in [5.74, 6) is 0. The van der Waals surface area contributed by atoms with Crippen LogP contribution in [-0.2, 0) is 31.9 Å². The molecule has 1 rings (SSSR count). The van der Waals surface area contributed by atoms with E-state index in [1.807, 2.05) is 14.0 Å². The molecule has 1 unspecified atom stereocenters. The molecule has 1 amide bonds. The van der Waals surface area contributed by atoms with E-state index in [0.717, 1.165) is 18.4 Å². The molecule has 0 heterocycles. The van der Waals surface area contributed by atoms with E-state index < -0.39 is 13.9 Å². The molecule has 0 spiro atoms. The van der Waals surface area contributed by atoms with Crippen LogP contribution in [0.15, 0.2) is 24.3 Å². The summed E-state index contributed by atoms with van der Waals surface area (Å²) in [6.07, 6.45) is 21.2. The molecule has 1 aromatic carbocycles. The number of amides is 1. The van der Waals surface area contributed by atoms with Crippen LogP contribution in [0.3, 0.4) is 0 Å². The predicted molar refractivity (Wildman–Crippen MR) is 197 cm³/mol. The van der Waals surface area contributed by atoms with Crippen LogP contribution < -0.4 is 0 Å². The topological polar surface area (TPSA) is 57.2 Å². The highest BCUT2D eigenvalue weighted by molar-refractivity contribution is 6.74. The maximum Gasteiger partial charge on any atom is 0.409 e. The number of methoxy groups -OCH3 is 1. The molecule has 46 heavy (non-hydrogen) atoms. The number of rotatable bonds is 27. The predicted octanol–water partition coefficient (Wildman–Crippen LogP) is 11.5. The van der Waals surface area contributed by atoms with Crippen LogP contribution in [0.25, 0.3) is 0 Å². The Kier molecular flexibility index (Phi) is 22.1. The molecule has 6 nitrogen and oxygen atoms in total. The van der Waals surface area contributed by atoms with E-state index in [-0.39, 0.29) is 17.7 Å². The molecule has 0 aliphatic rings. The van der Waals surface area contributed by atoms with Crippen molar-refractivity contribution in [2.45, 2.75) is 174 Å². The van der Waals surface area contributed by atoms with Gasteiger partial charge in [-0.3, -0.25) is 0 Å². The molecule has 0 aliphatic heterocycles.